The van der Waals surface area contributed by atoms with Crippen LogP contribution in [-0.2, 0) is 10.0 Å². The summed E-state index contributed by atoms with van der Waals surface area (Å²) in [6, 6.07) is 6.76. The number of hydrogen-bond donors (Lipinski definition) is 2. The van der Waals surface area contributed by atoms with Crippen LogP contribution in [0.2, 0.25) is 10.0 Å². The molecular weight excluding hydrogens is 500 g/mol. The fraction of sp³-hybridized carbons (Fsp3) is 0.133. The number of nitrogens with zero attached hydrogens (tertiary/aromatic N) is 1. The summed E-state index contributed by atoms with van der Waals surface area (Å²) in [5, 5.41) is 4.78. The van der Waals surface area contributed by atoms with Crippen LogP contribution in [0.25, 0.3) is 0 Å². The first-order valence-corrected chi connectivity index (χ1v) is 10.3. The van der Waals surface area contributed by atoms with Crippen molar-refractivity contribution in [1.29, 1.82) is 0 Å². The minimum atomic E-state index is -3.42. The van der Waals surface area contributed by atoms with E-state index in [0.29, 0.717) is 28.2 Å². The highest BCUT2D eigenvalue weighted by atomic mass is 127. The maximum Gasteiger partial charge on any atom is 0.233 e. The second-order valence-corrected chi connectivity index (χ2v) is 8.40. The Bertz CT molecular complexity index is 878. The molecule has 0 amide bonds. The van der Waals surface area contributed by atoms with Crippen LogP contribution in [0.4, 0.5) is 5.69 Å². The van der Waals surface area contributed by atoms with Crippen molar-refractivity contribution in [3.05, 3.63) is 56.1 Å². The van der Waals surface area contributed by atoms with Crippen molar-refractivity contribution in [1.82, 2.24) is 9.71 Å². The first-order chi connectivity index (χ1) is 11.8. The number of hydrogen-bond acceptors (Lipinski definition) is 5. The van der Waals surface area contributed by atoms with E-state index in [0.717, 1.165) is 14.7 Å². The lowest BCUT2D eigenvalue weighted by molar-refractivity contribution is 0.460. The van der Waals surface area contributed by atoms with Gasteiger partial charge in [-0.25, -0.2) is 18.1 Å². The lowest BCUT2D eigenvalue weighted by atomic mass is 10.3. The number of anilines is 1. The molecule has 1 heterocycles. The molecule has 0 saturated heterocycles. The largest absolute Gasteiger partial charge is 0.438 e. The molecular formula is C15H14Cl2IN3O3S. The summed E-state index contributed by atoms with van der Waals surface area (Å²) in [6.07, 6.45) is 1.58. The van der Waals surface area contributed by atoms with Gasteiger partial charge in [-0.3, -0.25) is 0 Å². The van der Waals surface area contributed by atoms with Crippen molar-refractivity contribution >= 4 is 61.5 Å². The minimum absolute atomic E-state index is 0.220. The highest BCUT2D eigenvalue weighted by molar-refractivity contribution is 14.1. The maximum atomic E-state index is 11.2. The standard InChI is InChI=1S/C15H14Cl2IN3O3S/c1-2-25(22,23)21-6-5-19-10-3-4-20-15(7-10)24-14-9-12(17)11(16)8-13(14)18/h2-4,7-9,21H,1,5-6H2,(H,19,20). The molecule has 0 radical (unpaired) electrons. The first-order valence-electron chi connectivity index (χ1n) is 6.95. The van der Waals surface area contributed by atoms with Gasteiger partial charge in [0.25, 0.3) is 0 Å². The van der Waals surface area contributed by atoms with E-state index in [1.54, 1.807) is 30.5 Å². The minimum Gasteiger partial charge on any atom is -0.438 e. The van der Waals surface area contributed by atoms with E-state index in [1.165, 1.54) is 0 Å². The average molecular weight is 514 g/mol. The van der Waals surface area contributed by atoms with Crippen molar-refractivity contribution in [2.75, 3.05) is 18.4 Å². The molecule has 1 aromatic carbocycles. The number of ether oxygens (including phenoxy) is 1. The molecule has 0 unspecified atom stereocenters. The maximum absolute atomic E-state index is 11.2. The predicted octanol–water partition coefficient (Wildman–Crippen LogP) is 4.26. The van der Waals surface area contributed by atoms with Crippen LogP contribution >= 0.6 is 45.8 Å². The van der Waals surface area contributed by atoms with Crippen molar-refractivity contribution in [3.63, 3.8) is 0 Å². The van der Waals surface area contributed by atoms with Crippen molar-refractivity contribution in [3.8, 4) is 11.6 Å². The third kappa shape index (κ3) is 6.30. The van der Waals surface area contributed by atoms with Gasteiger partial charge in [0, 0.05) is 42.5 Å². The Morgan fingerprint density at radius 1 is 1.24 bits per heavy atom. The molecule has 0 aliphatic rings. The zero-order valence-corrected chi connectivity index (χ0v) is 17.3. The fourth-order valence-electron chi connectivity index (χ4n) is 1.73. The Labute approximate surface area is 169 Å². The number of sulfonamides is 1. The number of benzene rings is 1. The van der Waals surface area contributed by atoms with Crippen LogP contribution in [0.3, 0.4) is 0 Å². The van der Waals surface area contributed by atoms with Gasteiger partial charge in [0.1, 0.15) is 5.75 Å². The van der Waals surface area contributed by atoms with Gasteiger partial charge in [0.05, 0.1) is 13.6 Å². The van der Waals surface area contributed by atoms with E-state index in [4.69, 9.17) is 27.9 Å². The predicted molar refractivity (Wildman–Crippen MR) is 109 cm³/mol. The van der Waals surface area contributed by atoms with Gasteiger partial charge in [-0.1, -0.05) is 29.8 Å². The van der Waals surface area contributed by atoms with Gasteiger partial charge in [0.2, 0.25) is 15.9 Å². The molecule has 0 saturated carbocycles. The molecule has 0 aliphatic carbocycles. The molecule has 0 bridgehead atoms. The zero-order valence-electron chi connectivity index (χ0n) is 12.8. The topological polar surface area (TPSA) is 80.3 Å². The zero-order chi connectivity index (χ0) is 18.4. The second-order valence-electron chi connectivity index (χ2n) is 4.71. The second kappa shape index (κ2) is 9.04. The highest BCUT2D eigenvalue weighted by Crippen LogP contribution is 2.34. The van der Waals surface area contributed by atoms with E-state index >= 15 is 0 Å². The lowest BCUT2D eigenvalue weighted by Crippen LogP contribution is -2.27. The van der Waals surface area contributed by atoms with E-state index < -0.39 is 10.0 Å². The number of rotatable bonds is 8. The Kier molecular flexibility index (Phi) is 7.32. The molecule has 10 heteroatoms. The van der Waals surface area contributed by atoms with Crippen LogP contribution in [0, 0.1) is 3.57 Å². The smallest absolute Gasteiger partial charge is 0.233 e. The highest BCUT2D eigenvalue weighted by Gasteiger charge is 2.09. The molecule has 1 aromatic heterocycles. The molecule has 134 valence electrons. The SMILES string of the molecule is C=CS(=O)(=O)NCCNc1ccnc(Oc2cc(Cl)c(Cl)cc2I)c1. The monoisotopic (exact) mass is 513 g/mol. The Balaban J connectivity index is 1.99. The Morgan fingerprint density at radius 3 is 2.68 bits per heavy atom. The van der Waals surface area contributed by atoms with E-state index in [9.17, 15) is 8.42 Å². The summed E-state index contributed by atoms with van der Waals surface area (Å²) < 4.78 is 31.4. The summed E-state index contributed by atoms with van der Waals surface area (Å²) >= 11 is 14.1. The molecule has 25 heavy (non-hydrogen) atoms. The number of aromatic nitrogens is 1. The Morgan fingerprint density at radius 2 is 1.96 bits per heavy atom. The fourth-order valence-corrected chi connectivity index (χ4v) is 3.31. The van der Waals surface area contributed by atoms with Gasteiger partial charge in [0.15, 0.2) is 0 Å². The summed E-state index contributed by atoms with van der Waals surface area (Å²) in [4.78, 5) is 4.14. The average Bonchev–Trinajstić information content (AvgIpc) is 2.57. The van der Waals surface area contributed by atoms with E-state index in [1.807, 2.05) is 0 Å². The summed E-state index contributed by atoms with van der Waals surface area (Å²) in [5.74, 6) is 0.909. The van der Waals surface area contributed by atoms with E-state index in [-0.39, 0.29) is 6.54 Å². The molecule has 2 N–H and O–H groups in total. The Hall–Kier alpha value is -1.07. The van der Waals surface area contributed by atoms with E-state index in [2.05, 4.69) is 44.2 Å². The van der Waals surface area contributed by atoms with Gasteiger partial charge < -0.3 is 10.1 Å². The van der Waals surface area contributed by atoms with Gasteiger partial charge in [-0.05, 0) is 34.7 Å². The van der Waals surface area contributed by atoms with Crippen LogP contribution in [0.15, 0.2) is 42.4 Å². The molecule has 0 atom stereocenters. The number of halogens is 3. The molecule has 2 rings (SSSR count). The van der Waals surface area contributed by atoms with Crippen molar-refractivity contribution < 1.29 is 13.2 Å². The third-order valence-electron chi connectivity index (χ3n) is 2.90. The quantitative estimate of drug-likeness (QED) is 0.313. The molecule has 0 fully saturated rings. The normalized spacial score (nSPS) is 11.2. The summed E-state index contributed by atoms with van der Waals surface area (Å²) in [5.41, 5.74) is 0.734. The van der Waals surface area contributed by atoms with Gasteiger partial charge >= 0.3 is 0 Å². The number of nitrogens with one attached hydrogen (secondary N) is 2. The lowest BCUT2D eigenvalue weighted by Gasteiger charge is -2.11. The van der Waals surface area contributed by atoms with Crippen LogP contribution < -0.4 is 14.8 Å². The van der Waals surface area contributed by atoms with Crippen LogP contribution in [0.5, 0.6) is 11.6 Å². The van der Waals surface area contributed by atoms with Crippen molar-refractivity contribution in [2.24, 2.45) is 0 Å². The summed E-state index contributed by atoms with van der Waals surface area (Å²) in [6.45, 7) is 3.83. The van der Waals surface area contributed by atoms with Gasteiger partial charge in [-0.2, -0.15) is 0 Å². The van der Waals surface area contributed by atoms with Crippen LogP contribution in [0.1, 0.15) is 0 Å². The molecule has 0 spiro atoms. The number of pyridine rings is 1. The van der Waals surface area contributed by atoms with Gasteiger partial charge in [-0.15, -0.1) is 0 Å². The summed E-state index contributed by atoms with van der Waals surface area (Å²) in [7, 11) is -3.42. The molecule has 6 nitrogen and oxygen atoms in total. The first kappa shape index (κ1) is 20.2. The van der Waals surface area contributed by atoms with Crippen LogP contribution in [-0.4, -0.2) is 26.5 Å². The third-order valence-corrected chi connectivity index (χ3v) is 5.51. The molecule has 2 aromatic rings. The molecule has 0 aliphatic heterocycles. The van der Waals surface area contributed by atoms with Crippen molar-refractivity contribution in [2.45, 2.75) is 0 Å².